The number of hydrogen-bond acceptors (Lipinski definition) is 1. The lowest BCUT2D eigenvalue weighted by atomic mass is 9.91. The van der Waals surface area contributed by atoms with Crippen molar-refractivity contribution in [3.8, 4) is 0 Å². The largest absolute Gasteiger partial charge is 0.298 e. The Morgan fingerprint density at radius 2 is 2.06 bits per heavy atom. The summed E-state index contributed by atoms with van der Waals surface area (Å²) >= 11 is 0. The smallest absolute Gasteiger partial charge is 0.0234 e. The standard InChI is InChI=1S/C15H21N/c1-12(2)15-8-14(15)10-16(11-15)9-13-6-4-3-5-7-13/h3-7,12,14H,8-11H2,1-2H3. The Bertz CT molecular complexity index is 370. The molecule has 1 aliphatic heterocycles. The second-order valence-electron chi connectivity index (χ2n) is 5.94. The molecule has 1 aliphatic carbocycles. The molecule has 0 amide bonds. The minimum atomic E-state index is 0.689. The maximum absolute atomic E-state index is 2.64. The van der Waals surface area contributed by atoms with Gasteiger partial charge in [0.15, 0.2) is 0 Å². The summed E-state index contributed by atoms with van der Waals surface area (Å²) in [7, 11) is 0. The summed E-state index contributed by atoms with van der Waals surface area (Å²) in [5, 5.41) is 0. The summed E-state index contributed by atoms with van der Waals surface area (Å²) in [6.07, 6.45) is 1.48. The van der Waals surface area contributed by atoms with Crippen LogP contribution in [0.1, 0.15) is 25.8 Å². The van der Waals surface area contributed by atoms with Gasteiger partial charge in [0, 0.05) is 19.6 Å². The van der Waals surface area contributed by atoms with Crippen molar-refractivity contribution in [1.82, 2.24) is 4.90 Å². The van der Waals surface area contributed by atoms with Crippen molar-refractivity contribution in [3.63, 3.8) is 0 Å². The first-order chi connectivity index (χ1) is 7.71. The lowest BCUT2D eigenvalue weighted by Gasteiger charge is -2.23. The molecule has 1 heterocycles. The summed E-state index contributed by atoms with van der Waals surface area (Å²) in [5.74, 6) is 1.86. The lowest BCUT2D eigenvalue weighted by Crippen LogP contribution is -2.26. The zero-order chi connectivity index (χ0) is 11.2. The van der Waals surface area contributed by atoms with Gasteiger partial charge in [0.2, 0.25) is 0 Å². The Morgan fingerprint density at radius 3 is 2.69 bits per heavy atom. The maximum Gasteiger partial charge on any atom is 0.0234 e. The molecule has 1 aromatic rings. The van der Waals surface area contributed by atoms with Gasteiger partial charge < -0.3 is 0 Å². The third kappa shape index (κ3) is 1.58. The number of piperidine rings is 1. The predicted molar refractivity (Wildman–Crippen MR) is 67.1 cm³/mol. The monoisotopic (exact) mass is 215 g/mol. The second kappa shape index (κ2) is 3.59. The number of benzene rings is 1. The van der Waals surface area contributed by atoms with Crippen LogP contribution < -0.4 is 0 Å². The van der Waals surface area contributed by atoms with Crippen LogP contribution in [0.2, 0.25) is 0 Å². The van der Waals surface area contributed by atoms with Gasteiger partial charge in [0.05, 0.1) is 0 Å². The molecular formula is C15H21N. The summed E-state index contributed by atoms with van der Waals surface area (Å²) in [5.41, 5.74) is 2.15. The predicted octanol–water partition coefficient (Wildman–Crippen LogP) is 3.16. The van der Waals surface area contributed by atoms with E-state index in [0.717, 1.165) is 18.4 Å². The molecule has 86 valence electrons. The first-order valence-electron chi connectivity index (χ1n) is 6.47. The van der Waals surface area contributed by atoms with Crippen molar-refractivity contribution < 1.29 is 0 Å². The van der Waals surface area contributed by atoms with Crippen LogP contribution in [0, 0.1) is 17.3 Å². The Kier molecular flexibility index (Phi) is 2.32. The van der Waals surface area contributed by atoms with Crippen LogP contribution in [0.25, 0.3) is 0 Å². The van der Waals surface area contributed by atoms with Gasteiger partial charge in [-0.05, 0) is 29.2 Å². The minimum Gasteiger partial charge on any atom is -0.298 e. The highest BCUT2D eigenvalue weighted by Crippen LogP contribution is 2.62. The first kappa shape index (κ1) is 10.3. The Balaban J connectivity index is 1.64. The molecule has 2 atom stereocenters. The van der Waals surface area contributed by atoms with Crippen molar-refractivity contribution in [2.45, 2.75) is 26.8 Å². The average molecular weight is 215 g/mol. The van der Waals surface area contributed by atoms with Crippen molar-refractivity contribution in [2.75, 3.05) is 13.1 Å². The van der Waals surface area contributed by atoms with E-state index in [-0.39, 0.29) is 0 Å². The lowest BCUT2D eigenvalue weighted by molar-refractivity contribution is 0.243. The Hall–Kier alpha value is -0.820. The average Bonchev–Trinajstić information content (AvgIpc) is 2.84. The number of fused-ring (bicyclic) bond motifs is 1. The summed E-state index contributed by atoms with van der Waals surface area (Å²) < 4.78 is 0. The molecule has 0 radical (unpaired) electrons. The SMILES string of the molecule is CC(C)C12CC1CN(Cc1ccccc1)C2. The fraction of sp³-hybridized carbons (Fsp3) is 0.600. The van der Waals surface area contributed by atoms with Crippen LogP contribution in [0.15, 0.2) is 30.3 Å². The summed E-state index contributed by atoms with van der Waals surface area (Å²) in [6.45, 7) is 8.58. The van der Waals surface area contributed by atoms with Crippen LogP contribution in [0.5, 0.6) is 0 Å². The molecule has 16 heavy (non-hydrogen) atoms. The minimum absolute atomic E-state index is 0.689. The number of likely N-dealkylation sites (tertiary alicyclic amines) is 1. The summed E-state index contributed by atoms with van der Waals surface area (Å²) in [6, 6.07) is 10.9. The number of nitrogens with zero attached hydrogens (tertiary/aromatic N) is 1. The topological polar surface area (TPSA) is 3.24 Å². The highest BCUT2D eigenvalue weighted by molar-refractivity contribution is 5.17. The highest BCUT2D eigenvalue weighted by atomic mass is 15.2. The molecule has 1 heteroatoms. The fourth-order valence-corrected chi connectivity index (χ4v) is 3.48. The van der Waals surface area contributed by atoms with E-state index in [2.05, 4.69) is 49.1 Å². The van der Waals surface area contributed by atoms with E-state index < -0.39 is 0 Å². The molecule has 2 fully saturated rings. The van der Waals surface area contributed by atoms with Crippen LogP contribution in [0.4, 0.5) is 0 Å². The quantitative estimate of drug-likeness (QED) is 0.748. The maximum atomic E-state index is 2.64. The zero-order valence-electron chi connectivity index (χ0n) is 10.3. The van der Waals surface area contributed by atoms with E-state index in [1.165, 1.54) is 25.1 Å². The molecule has 1 saturated carbocycles. The van der Waals surface area contributed by atoms with Crippen molar-refractivity contribution in [1.29, 1.82) is 0 Å². The molecule has 1 nitrogen and oxygen atoms in total. The van der Waals surface area contributed by atoms with Gasteiger partial charge >= 0.3 is 0 Å². The summed E-state index contributed by atoms with van der Waals surface area (Å²) in [4.78, 5) is 2.64. The number of hydrogen-bond donors (Lipinski definition) is 0. The highest BCUT2D eigenvalue weighted by Gasteiger charge is 2.60. The van der Waals surface area contributed by atoms with Gasteiger partial charge in [-0.15, -0.1) is 0 Å². The van der Waals surface area contributed by atoms with Gasteiger partial charge in [-0.2, -0.15) is 0 Å². The molecular weight excluding hydrogens is 194 g/mol. The third-order valence-corrected chi connectivity index (χ3v) is 4.67. The molecule has 1 saturated heterocycles. The molecule has 0 aromatic heterocycles. The van der Waals surface area contributed by atoms with Gasteiger partial charge in [-0.25, -0.2) is 0 Å². The van der Waals surface area contributed by atoms with Gasteiger partial charge in [-0.3, -0.25) is 4.90 Å². The molecule has 3 rings (SSSR count). The molecule has 2 aliphatic rings. The van der Waals surface area contributed by atoms with E-state index in [1.54, 1.807) is 0 Å². The third-order valence-electron chi connectivity index (χ3n) is 4.67. The van der Waals surface area contributed by atoms with E-state index in [4.69, 9.17) is 0 Å². The van der Waals surface area contributed by atoms with Gasteiger partial charge in [0.25, 0.3) is 0 Å². The molecule has 0 N–H and O–H groups in total. The van der Waals surface area contributed by atoms with Gasteiger partial charge in [0.1, 0.15) is 0 Å². The van der Waals surface area contributed by atoms with E-state index in [9.17, 15) is 0 Å². The van der Waals surface area contributed by atoms with Crippen molar-refractivity contribution in [2.24, 2.45) is 17.3 Å². The molecule has 2 unspecified atom stereocenters. The molecule has 0 bridgehead atoms. The normalized spacial score (nSPS) is 33.1. The van der Waals surface area contributed by atoms with Gasteiger partial charge in [-0.1, -0.05) is 44.2 Å². The van der Waals surface area contributed by atoms with E-state index in [1.807, 2.05) is 0 Å². The van der Waals surface area contributed by atoms with E-state index in [0.29, 0.717) is 5.41 Å². The first-order valence-corrected chi connectivity index (χ1v) is 6.47. The molecule has 0 spiro atoms. The van der Waals surface area contributed by atoms with E-state index >= 15 is 0 Å². The van der Waals surface area contributed by atoms with Crippen LogP contribution >= 0.6 is 0 Å². The second-order valence-corrected chi connectivity index (χ2v) is 5.94. The van der Waals surface area contributed by atoms with Crippen LogP contribution in [-0.2, 0) is 6.54 Å². The van der Waals surface area contributed by atoms with Crippen molar-refractivity contribution in [3.05, 3.63) is 35.9 Å². The fourth-order valence-electron chi connectivity index (χ4n) is 3.48. The van der Waals surface area contributed by atoms with Crippen LogP contribution in [0.3, 0.4) is 0 Å². The zero-order valence-corrected chi connectivity index (χ0v) is 10.3. The Labute approximate surface area is 98.5 Å². The number of rotatable bonds is 3. The van der Waals surface area contributed by atoms with Crippen molar-refractivity contribution >= 4 is 0 Å². The Morgan fingerprint density at radius 1 is 1.31 bits per heavy atom. The van der Waals surface area contributed by atoms with Crippen LogP contribution in [-0.4, -0.2) is 18.0 Å². The molecule has 1 aromatic carbocycles.